The summed E-state index contributed by atoms with van der Waals surface area (Å²) in [7, 11) is 3.07. The average molecular weight is 385 g/mol. The maximum atomic E-state index is 12.8. The van der Waals surface area contributed by atoms with E-state index in [4.69, 9.17) is 13.9 Å². The Labute approximate surface area is 163 Å². The highest BCUT2D eigenvalue weighted by Crippen LogP contribution is 2.40. The van der Waals surface area contributed by atoms with Crippen LogP contribution in [0.25, 0.3) is 5.76 Å². The maximum Gasteiger partial charge on any atom is 0.295 e. The van der Waals surface area contributed by atoms with E-state index in [1.165, 1.54) is 12.0 Å². The predicted octanol–water partition coefficient (Wildman–Crippen LogP) is 2.97. The van der Waals surface area contributed by atoms with E-state index in [-0.39, 0.29) is 24.5 Å². The zero-order valence-electron chi connectivity index (χ0n) is 16.3. The van der Waals surface area contributed by atoms with Crippen LogP contribution in [0.5, 0.6) is 5.75 Å². The topological polar surface area (TPSA) is 89.2 Å². The number of aliphatic hydroxyl groups is 1. The van der Waals surface area contributed by atoms with Crippen molar-refractivity contribution in [3.63, 3.8) is 0 Å². The number of ketones is 1. The van der Waals surface area contributed by atoms with E-state index in [9.17, 15) is 14.7 Å². The third kappa shape index (κ3) is 3.41. The summed E-state index contributed by atoms with van der Waals surface area (Å²) < 4.78 is 16.0. The van der Waals surface area contributed by atoms with Gasteiger partial charge in [-0.1, -0.05) is 0 Å². The Hall–Kier alpha value is -3.06. The number of likely N-dealkylation sites (tertiary alicyclic amines) is 1. The summed E-state index contributed by atoms with van der Waals surface area (Å²) in [4.78, 5) is 26.8. The molecule has 1 N–H and O–H groups in total. The molecule has 0 bridgehead atoms. The van der Waals surface area contributed by atoms with Crippen LogP contribution in [0.3, 0.4) is 0 Å². The molecule has 3 rings (SSSR count). The Balaban J connectivity index is 2.14. The number of carbonyl (C=O) groups is 2. The molecule has 28 heavy (non-hydrogen) atoms. The number of aliphatic hydroxyl groups excluding tert-OH is 1. The highest BCUT2D eigenvalue weighted by atomic mass is 16.5. The number of aryl methyl sites for hydroxylation is 2. The van der Waals surface area contributed by atoms with Crippen LogP contribution in [-0.4, -0.2) is 49.1 Å². The average Bonchev–Trinajstić information content (AvgIpc) is 3.21. The van der Waals surface area contributed by atoms with Crippen molar-refractivity contribution in [2.24, 2.45) is 0 Å². The second kappa shape index (κ2) is 7.90. The van der Waals surface area contributed by atoms with Gasteiger partial charge in [0.1, 0.15) is 29.1 Å². The van der Waals surface area contributed by atoms with Gasteiger partial charge in [0.2, 0.25) is 0 Å². The van der Waals surface area contributed by atoms with E-state index in [0.29, 0.717) is 22.8 Å². The van der Waals surface area contributed by atoms with Crippen LogP contribution in [-0.2, 0) is 14.3 Å². The number of amides is 1. The third-order valence-corrected chi connectivity index (χ3v) is 4.78. The summed E-state index contributed by atoms with van der Waals surface area (Å²) in [6.07, 6.45) is 0. The van der Waals surface area contributed by atoms with Gasteiger partial charge in [0, 0.05) is 19.2 Å². The fourth-order valence-electron chi connectivity index (χ4n) is 3.38. The first kappa shape index (κ1) is 19.7. The molecule has 0 spiro atoms. The van der Waals surface area contributed by atoms with E-state index >= 15 is 0 Å². The Morgan fingerprint density at radius 1 is 1.18 bits per heavy atom. The van der Waals surface area contributed by atoms with Gasteiger partial charge in [-0.15, -0.1) is 0 Å². The van der Waals surface area contributed by atoms with E-state index in [2.05, 4.69) is 0 Å². The van der Waals surface area contributed by atoms with Crippen LogP contribution in [0.2, 0.25) is 0 Å². The number of carbonyl (C=O) groups excluding carboxylic acids is 2. The molecule has 7 nitrogen and oxygen atoms in total. The summed E-state index contributed by atoms with van der Waals surface area (Å²) in [6.45, 7) is 4.06. The highest BCUT2D eigenvalue weighted by Gasteiger charge is 2.47. The molecule has 7 heteroatoms. The number of furan rings is 1. The number of Topliss-reactive ketones (excluding diaryl/α,β-unsaturated/α-hetero) is 1. The first-order valence-electron chi connectivity index (χ1n) is 8.87. The number of methoxy groups -OCH3 is 2. The standard InChI is InChI=1S/C21H23NO6/c1-12-11-14(6-8-15(12)27-4)19(23)17-18(16-7-5-13(2)28-16)22(9-10-26-3)21(25)20(17)24/h5-8,11,18,23H,9-10H2,1-4H3/b19-17-. The fourth-order valence-corrected chi connectivity index (χ4v) is 3.38. The minimum atomic E-state index is -0.814. The van der Waals surface area contributed by atoms with Gasteiger partial charge in [0.25, 0.3) is 11.7 Å². The number of ether oxygens (including phenoxy) is 2. The molecule has 0 aliphatic carbocycles. The summed E-state index contributed by atoms with van der Waals surface area (Å²) in [5, 5.41) is 10.9. The van der Waals surface area contributed by atoms with Gasteiger partial charge in [0.15, 0.2) is 0 Å². The van der Waals surface area contributed by atoms with Gasteiger partial charge in [-0.3, -0.25) is 9.59 Å². The number of hydrogen-bond donors (Lipinski definition) is 1. The van der Waals surface area contributed by atoms with Gasteiger partial charge in [0.05, 0.1) is 19.3 Å². The Bertz CT molecular complexity index is 942. The van der Waals surface area contributed by atoms with Crippen LogP contribution >= 0.6 is 0 Å². The van der Waals surface area contributed by atoms with E-state index in [0.717, 1.165) is 5.56 Å². The summed E-state index contributed by atoms with van der Waals surface area (Å²) >= 11 is 0. The third-order valence-electron chi connectivity index (χ3n) is 4.78. The predicted molar refractivity (Wildman–Crippen MR) is 102 cm³/mol. The van der Waals surface area contributed by atoms with Crippen LogP contribution < -0.4 is 4.74 Å². The first-order chi connectivity index (χ1) is 13.4. The summed E-state index contributed by atoms with van der Waals surface area (Å²) in [5.41, 5.74) is 1.22. The van der Waals surface area contributed by atoms with Crippen molar-refractivity contribution in [1.82, 2.24) is 4.90 Å². The molecule has 0 radical (unpaired) electrons. The molecule has 0 saturated carbocycles. The van der Waals surface area contributed by atoms with Gasteiger partial charge in [-0.2, -0.15) is 0 Å². The molecule has 1 aromatic heterocycles. The zero-order chi connectivity index (χ0) is 20.4. The lowest BCUT2D eigenvalue weighted by atomic mass is 9.98. The first-order valence-corrected chi connectivity index (χ1v) is 8.87. The summed E-state index contributed by atoms with van der Waals surface area (Å²) in [5.74, 6) is 0.0367. The normalized spacial score (nSPS) is 18.7. The number of benzene rings is 1. The van der Waals surface area contributed by atoms with Gasteiger partial charge in [-0.05, 0) is 49.7 Å². The van der Waals surface area contributed by atoms with Gasteiger partial charge in [-0.25, -0.2) is 0 Å². The second-order valence-corrected chi connectivity index (χ2v) is 6.62. The molecular weight excluding hydrogens is 362 g/mol. The van der Waals surface area contributed by atoms with Crippen LogP contribution in [0.4, 0.5) is 0 Å². The van der Waals surface area contributed by atoms with E-state index < -0.39 is 17.7 Å². The molecule has 1 saturated heterocycles. The monoisotopic (exact) mass is 385 g/mol. The molecular formula is C21H23NO6. The largest absolute Gasteiger partial charge is 0.507 e. The molecule has 1 aliphatic heterocycles. The van der Waals surface area contributed by atoms with E-state index in [1.807, 2.05) is 6.92 Å². The fraction of sp³-hybridized carbons (Fsp3) is 0.333. The van der Waals surface area contributed by atoms with E-state index in [1.54, 1.807) is 44.4 Å². The number of hydrogen-bond acceptors (Lipinski definition) is 6. The lowest BCUT2D eigenvalue weighted by Crippen LogP contribution is -2.32. The zero-order valence-corrected chi connectivity index (χ0v) is 16.3. The molecule has 2 heterocycles. The van der Waals surface area contributed by atoms with Crippen molar-refractivity contribution in [2.45, 2.75) is 19.9 Å². The molecule has 148 valence electrons. The maximum absolute atomic E-state index is 12.8. The van der Waals surface area contributed by atoms with Crippen molar-refractivity contribution in [1.29, 1.82) is 0 Å². The van der Waals surface area contributed by atoms with Gasteiger partial charge < -0.3 is 23.9 Å². The molecule has 1 unspecified atom stereocenters. The molecule has 1 amide bonds. The molecule has 1 atom stereocenters. The number of nitrogens with zero attached hydrogens (tertiary/aromatic N) is 1. The lowest BCUT2D eigenvalue weighted by Gasteiger charge is -2.23. The van der Waals surface area contributed by atoms with Crippen molar-refractivity contribution in [3.05, 3.63) is 58.6 Å². The van der Waals surface area contributed by atoms with Crippen molar-refractivity contribution in [2.75, 3.05) is 27.4 Å². The molecule has 1 fully saturated rings. The van der Waals surface area contributed by atoms with Crippen molar-refractivity contribution >= 4 is 17.4 Å². The van der Waals surface area contributed by atoms with Gasteiger partial charge >= 0.3 is 0 Å². The second-order valence-electron chi connectivity index (χ2n) is 6.62. The van der Waals surface area contributed by atoms with Crippen molar-refractivity contribution in [3.8, 4) is 5.75 Å². The molecule has 1 aliphatic rings. The lowest BCUT2D eigenvalue weighted by molar-refractivity contribution is -0.140. The number of rotatable bonds is 6. The Morgan fingerprint density at radius 3 is 2.50 bits per heavy atom. The molecule has 2 aromatic rings. The SMILES string of the molecule is COCCN1C(=O)C(=O)/C(=C(\O)c2ccc(OC)c(C)c2)C1c1ccc(C)o1. The smallest absolute Gasteiger partial charge is 0.295 e. The van der Waals surface area contributed by atoms with Crippen LogP contribution in [0.15, 0.2) is 40.3 Å². The quantitative estimate of drug-likeness (QED) is 0.467. The minimum Gasteiger partial charge on any atom is -0.507 e. The Kier molecular flexibility index (Phi) is 5.56. The molecule has 1 aromatic carbocycles. The highest BCUT2D eigenvalue weighted by molar-refractivity contribution is 6.46. The van der Waals surface area contributed by atoms with Crippen LogP contribution in [0, 0.1) is 13.8 Å². The van der Waals surface area contributed by atoms with Crippen molar-refractivity contribution < 1.29 is 28.6 Å². The summed E-state index contributed by atoms with van der Waals surface area (Å²) in [6, 6.07) is 7.71. The minimum absolute atomic E-state index is 0.0000184. The Morgan fingerprint density at radius 2 is 1.93 bits per heavy atom. The van der Waals surface area contributed by atoms with Crippen LogP contribution in [0.1, 0.15) is 28.7 Å².